The average molecular weight is 223 g/mol. The second-order valence-corrected chi connectivity index (χ2v) is 4.28. The number of rotatable bonds is 2. The number of aliphatic hydroxyl groups excluding tert-OH is 1. The lowest BCUT2D eigenvalue weighted by Crippen LogP contribution is -2.39. The Kier molecular flexibility index (Phi) is 2.98. The summed E-state index contributed by atoms with van der Waals surface area (Å²) < 4.78 is 1.76. The van der Waals surface area contributed by atoms with E-state index in [9.17, 15) is 9.90 Å². The van der Waals surface area contributed by atoms with E-state index in [-0.39, 0.29) is 11.9 Å². The molecule has 1 aliphatic rings. The van der Waals surface area contributed by atoms with Crippen molar-refractivity contribution in [2.45, 2.75) is 32.4 Å². The molecule has 5 nitrogen and oxygen atoms in total. The van der Waals surface area contributed by atoms with Gasteiger partial charge in [0, 0.05) is 17.9 Å². The molecule has 2 rings (SSSR count). The van der Waals surface area contributed by atoms with E-state index in [0.29, 0.717) is 13.0 Å². The predicted molar refractivity (Wildman–Crippen MR) is 60.7 cm³/mol. The van der Waals surface area contributed by atoms with Crippen LogP contribution in [-0.4, -0.2) is 34.4 Å². The normalized spacial score (nSPS) is 24.7. The third-order valence-electron chi connectivity index (χ3n) is 2.92. The van der Waals surface area contributed by atoms with E-state index < -0.39 is 6.10 Å². The van der Waals surface area contributed by atoms with E-state index in [1.165, 1.54) is 0 Å². The number of nitrogens with zero attached hydrogens (tertiary/aromatic N) is 1. The van der Waals surface area contributed by atoms with Crippen molar-refractivity contribution in [3.63, 3.8) is 0 Å². The Morgan fingerprint density at radius 3 is 2.62 bits per heavy atom. The number of nitrogens with one attached hydrogen (secondary N) is 2. The standard InChI is InChI=1S/C11H17N3O2/c1-7-3-4-8(2)14(7)13-11(16)10-5-9(15)6-12-10/h3-4,9-10,12,15H,5-6H2,1-2H3,(H,13,16). The van der Waals surface area contributed by atoms with Gasteiger partial charge < -0.3 is 10.4 Å². The van der Waals surface area contributed by atoms with Crippen molar-refractivity contribution in [2.24, 2.45) is 0 Å². The zero-order valence-corrected chi connectivity index (χ0v) is 9.53. The number of β-amino-alcohol motifs (C(OH)–C–C–N with tert-alkyl or cyclic N) is 1. The van der Waals surface area contributed by atoms with Crippen molar-refractivity contribution in [3.8, 4) is 0 Å². The molecule has 0 spiro atoms. The molecule has 16 heavy (non-hydrogen) atoms. The van der Waals surface area contributed by atoms with Gasteiger partial charge in [-0.3, -0.25) is 14.9 Å². The SMILES string of the molecule is Cc1ccc(C)n1NC(=O)C1CC(O)CN1. The number of aliphatic hydroxyl groups is 1. The molecule has 0 saturated carbocycles. The molecule has 0 aromatic carbocycles. The lowest BCUT2D eigenvalue weighted by Gasteiger charge is -2.14. The summed E-state index contributed by atoms with van der Waals surface area (Å²) in [5, 5.41) is 12.3. The number of aryl methyl sites for hydroxylation is 2. The molecule has 5 heteroatoms. The smallest absolute Gasteiger partial charge is 0.256 e. The topological polar surface area (TPSA) is 66.3 Å². The van der Waals surface area contributed by atoms with Crippen LogP contribution in [0.1, 0.15) is 17.8 Å². The first-order valence-corrected chi connectivity index (χ1v) is 5.45. The van der Waals surface area contributed by atoms with Gasteiger partial charge in [0.25, 0.3) is 5.91 Å². The first-order chi connectivity index (χ1) is 7.58. The molecule has 0 aliphatic carbocycles. The number of hydrogen-bond donors (Lipinski definition) is 3. The summed E-state index contributed by atoms with van der Waals surface area (Å²) in [6.07, 6.45) is 0.0631. The Bertz CT molecular complexity index is 380. The van der Waals surface area contributed by atoms with Gasteiger partial charge in [-0.15, -0.1) is 0 Å². The minimum Gasteiger partial charge on any atom is -0.392 e. The molecule has 1 fully saturated rings. The highest BCUT2D eigenvalue weighted by Gasteiger charge is 2.28. The van der Waals surface area contributed by atoms with Crippen LogP contribution in [0.4, 0.5) is 0 Å². The van der Waals surface area contributed by atoms with Crippen molar-refractivity contribution in [1.82, 2.24) is 9.99 Å². The van der Waals surface area contributed by atoms with E-state index in [2.05, 4.69) is 10.7 Å². The molecule has 0 radical (unpaired) electrons. The predicted octanol–water partition coefficient (Wildman–Crippen LogP) is -0.102. The minimum absolute atomic E-state index is 0.0982. The van der Waals surface area contributed by atoms with Crippen LogP contribution < -0.4 is 10.7 Å². The van der Waals surface area contributed by atoms with Crippen molar-refractivity contribution in [3.05, 3.63) is 23.5 Å². The van der Waals surface area contributed by atoms with Crippen LogP contribution >= 0.6 is 0 Å². The fraction of sp³-hybridized carbons (Fsp3) is 0.545. The maximum absolute atomic E-state index is 11.9. The maximum atomic E-state index is 11.9. The summed E-state index contributed by atoms with van der Waals surface area (Å²) in [5.41, 5.74) is 4.81. The summed E-state index contributed by atoms with van der Waals surface area (Å²) in [7, 11) is 0. The highest BCUT2D eigenvalue weighted by Crippen LogP contribution is 2.09. The summed E-state index contributed by atoms with van der Waals surface area (Å²) >= 11 is 0. The number of aromatic nitrogens is 1. The van der Waals surface area contributed by atoms with E-state index in [1.807, 2.05) is 26.0 Å². The Balaban J connectivity index is 2.02. The van der Waals surface area contributed by atoms with Crippen LogP contribution in [-0.2, 0) is 4.79 Å². The second-order valence-electron chi connectivity index (χ2n) is 4.28. The molecule has 88 valence electrons. The van der Waals surface area contributed by atoms with Crippen molar-refractivity contribution in [1.29, 1.82) is 0 Å². The minimum atomic E-state index is -0.414. The third kappa shape index (κ3) is 2.10. The van der Waals surface area contributed by atoms with E-state index in [4.69, 9.17) is 0 Å². The number of hydrogen-bond acceptors (Lipinski definition) is 3. The van der Waals surface area contributed by atoms with Crippen molar-refractivity contribution < 1.29 is 9.90 Å². The molecule has 1 aromatic rings. The first kappa shape index (κ1) is 11.2. The van der Waals surface area contributed by atoms with E-state index in [0.717, 1.165) is 11.4 Å². The van der Waals surface area contributed by atoms with Gasteiger partial charge in [0.2, 0.25) is 0 Å². The zero-order valence-electron chi connectivity index (χ0n) is 9.53. The average Bonchev–Trinajstić information content (AvgIpc) is 2.79. The fourth-order valence-corrected chi connectivity index (χ4v) is 1.95. The van der Waals surface area contributed by atoms with Crippen LogP contribution in [0.3, 0.4) is 0 Å². The molecule has 2 unspecified atom stereocenters. The van der Waals surface area contributed by atoms with Gasteiger partial charge in [-0.1, -0.05) is 0 Å². The molecule has 1 aliphatic heterocycles. The molecule has 2 atom stereocenters. The Morgan fingerprint density at radius 1 is 1.50 bits per heavy atom. The lowest BCUT2D eigenvalue weighted by molar-refractivity contribution is -0.118. The summed E-state index contributed by atoms with van der Waals surface area (Å²) in [5.74, 6) is -0.0982. The van der Waals surface area contributed by atoms with Crippen LogP contribution in [0, 0.1) is 13.8 Å². The highest BCUT2D eigenvalue weighted by molar-refractivity contribution is 5.89. The molecule has 0 bridgehead atoms. The largest absolute Gasteiger partial charge is 0.392 e. The summed E-state index contributed by atoms with van der Waals surface area (Å²) in [4.78, 5) is 11.9. The molecule has 2 heterocycles. The number of carbonyl (C=O) groups is 1. The van der Waals surface area contributed by atoms with Gasteiger partial charge in [0.05, 0.1) is 12.1 Å². The Labute approximate surface area is 94.4 Å². The Hall–Kier alpha value is -1.33. The lowest BCUT2D eigenvalue weighted by atomic mass is 10.2. The maximum Gasteiger partial charge on any atom is 0.256 e. The second kappa shape index (κ2) is 4.27. The summed E-state index contributed by atoms with van der Waals surface area (Å²) in [6, 6.07) is 3.61. The van der Waals surface area contributed by atoms with Gasteiger partial charge in [0.15, 0.2) is 0 Å². The van der Waals surface area contributed by atoms with Crippen LogP contribution in [0.25, 0.3) is 0 Å². The Morgan fingerprint density at radius 2 is 2.12 bits per heavy atom. The highest BCUT2D eigenvalue weighted by atomic mass is 16.3. The van der Waals surface area contributed by atoms with Gasteiger partial charge in [-0.2, -0.15) is 0 Å². The summed E-state index contributed by atoms with van der Waals surface area (Å²) in [6.45, 7) is 4.36. The van der Waals surface area contributed by atoms with Gasteiger partial charge in [-0.05, 0) is 32.4 Å². The van der Waals surface area contributed by atoms with Crippen molar-refractivity contribution >= 4 is 5.91 Å². The van der Waals surface area contributed by atoms with Crippen LogP contribution in [0.5, 0.6) is 0 Å². The number of carbonyl (C=O) groups excluding carboxylic acids is 1. The molecular weight excluding hydrogens is 206 g/mol. The third-order valence-corrected chi connectivity index (χ3v) is 2.92. The van der Waals surface area contributed by atoms with Gasteiger partial charge >= 0.3 is 0 Å². The van der Waals surface area contributed by atoms with Gasteiger partial charge in [0.1, 0.15) is 0 Å². The zero-order chi connectivity index (χ0) is 11.7. The van der Waals surface area contributed by atoms with Gasteiger partial charge in [-0.25, -0.2) is 0 Å². The molecular formula is C11H17N3O2. The monoisotopic (exact) mass is 223 g/mol. The molecule has 3 N–H and O–H groups in total. The first-order valence-electron chi connectivity index (χ1n) is 5.45. The van der Waals surface area contributed by atoms with Crippen molar-refractivity contribution in [2.75, 3.05) is 12.0 Å². The molecule has 1 saturated heterocycles. The fourth-order valence-electron chi connectivity index (χ4n) is 1.95. The van der Waals surface area contributed by atoms with Crippen LogP contribution in [0.2, 0.25) is 0 Å². The quantitative estimate of drug-likeness (QED) is 0.656. The molecule has 1 amide bonds. The molecule has 1 aromatic heterocycles. The number of amides is 1. The van der Waals surface area contributed by atoms with E-state index in [1.54, 1.807) is 4.68 Å². The van der Waals surface area contributed by atoms with Crippen LogP contribution in [0.15, 0.2) is 12.1 Å². The van der Waals surface area contributed by atoms with E-state index >= 15 is 0 Å².